The number of amides is 1. The number of nitrogens with one attached hydrogen (secondary N) is 1. The van der Waals surface area contributed by atoms with E-state index in [1.807, 2.05) is 24.3 Å². The minimum Gasteiger partial charge on any atom is -0.454 e. The third-order valence-corrected chi connectivity index (χ3v) is 3.79. The van der Waals surface area contributed by atoms with Crippen LogP contribution in [0.15, 0.2) is 26.9 Å². The number of aryl methyl sites for hydroxylation is 1. The highest BCUT2D eigenvalue weighted by Gasteiger charge is 2.11. The summed E-state index contributed by atoms with van der Waals surface area (Å²) in [6.07, 6.45) is 0. The summed E-state index contributed by atoms with van der Waals surface area (Å²) < 4.78 is 5.32. The number of guanidine groups is 1. The van der Waals surface area contributed by atoms with Gasteiger partial charge in [0.2, 0.25) is 0 Å². The molecule has 2 aromatic heterocycles. The van der Waals surface area contributed by atoms with Crippen LogP contribution in [0.5, 0.6) is 0 Å². The Morgan fingerprint density at radius 1 is 1.55 bits per heavy atom. The summed E-state index contributed by atoms with van der Waals surface area (Å²) >= 11 is 1.62. The molecule has 0 aliphatic heterocycles. The highest BCUT2D eigenvalue weighted by molar-refractivity contribution is 7.09. The number of nitrogens with zero attached hydrogens (tertiary/aromatic N) is 3. The molecule has 2 rings (SSSR count). The lowest BCUT2D eigenvalue weighted by Gasteiger charge is -2.20. The van der Waals surface area contributed by atoms with Crippen LogP contribution in [0.25, 0.3) is 0 Å². The molecule has 0 aliphatic rings. The van der Waals surface area contributed by atoms with E-state index in [1.165, 1.54) is 0 Å². The molecule has 0 aromatic carbocycles. The van der Waals surface area contributed by atoms with Crippen molar-refractivity contribution in [2.45, 2.75) is 20.0 Å². The Morgan fingerprint density at radius 2 is 2.32 bits per heavy atom. The second kappa shape index (κ2) is 7.08. The number of hydrogen-bond donors (Lipinski definition) is 2. The van der Waals surface area contributed by atoms with Crippen molar-refractivity contribution >= 4 is 23.2 Å². The molecule has 0 saturated carbocycles. The van der Waals surface area contributed by atoms with Crippen molar-refractivity contribution in [1.82, 2.24) is 15.2 Å². The van der Waals surface area contributed by atoms with Gasteiger partial charge in [0.25, 0.3) is 5.91 Å². The second-order valence-corrected chi connectivity index (χ2v) is 5.81. The predicted molar refractivity (Wildman–Crippen MR) is 85.7 cm³/mol. The Morgan fingerprint density at radius 3 is 2.86 bits per heavy atom. The van der Waals surface area contributed by atoms with Crippen LogP contribution in [0.1, 0.15) is 27.0 Å². The number of furan rings is 1. The van der Waals surface area contributed by atoms with Crippen molar-refractivity contribution < 1.29 is 9.21 Å². The molecular formula is C14H19N5O2S. The van der Waals surface area contributed by atoms with E-state index in [9.17, 15) is 4.79 Å². The third kappa shape index (κ3) is 4.08. The molecule has 118 valence electrons. The van der Waals surface area contributed by atoms with Gasteiger partial charge in [-0.25, -0.2) is 4.98 Å². The molecule has 0 bridgehead atoms. The van der Waals surface area contributed by atoms with Crippen LogP contribution in [0.4, 0.5) is 0 Å². The van der Waals surface area contributed by atoms with Gasteiger partial charge in [-0.2, -0.15) is 0 Å². The Labute approximate surface area is 132 Å². The van der Waals surface area contributed by atoms with Gasteiger partial charge in [0.15, 0.2) is 11.7 Å². The summed E-state index contributed by atoms with van der Waals surface area (Å²) in [6.45, 7) is 3.06. The molecule has 7 nitrogen and oxygen atoms in total. The van der Waals surface area contributed by atoms with Gasteiger partial charge in [-0.3, -0.25) is 9.79 Å². The van der Waals surface area contributed by atoms with Gasteiger partial charge >= 0.3 is 0 Å². The molecule has 0 aliphatic carbocycles. The lowest BCUT2D eigenvalue weighted by Crippen LogP contribution is -2.38. The van der Waals surface area contributed by atoms with Crippen molar-refractivity contribution in [3.8, 4) is 0 Å². The SMILES string of the molecule is CN=C(NCc1ccc(C(N)=O)o1)N(C)Cc1csc(C)n1. The monoisotopic (exact) mass is 321 g/mol. The molecule has 0 unspecified atom stereocenters. The molecule has 0 radical (unpaired) electrons. The van der Waals surface area contributed by atoms with Crippen molar-refractivity contribution in [3.05, 3.63) is 39.7 Å². The Kier molecular flexibility index (Phi) is 5.16. The predicted octanol–water partition coefficient (Wildman–Crippen LogP) is 1.35. The van der Waals surface area contributed by atoms with Gasteiger partial charge in [0.1, 0.15) is 5.76 Å². The van der Waals surface area contributed by atoms with E-state index in [2.05, 4.69) is 15.3 Å². The van der Waals surface area contributed by atoms with Crippen molar-refractivity contribution in [2.75, 3.05) is 14.1 Å². The average Bonchev–Trinajstić information content (AvgIpc) is 3.09. The van der Waals surface area contributed by atoms with Gasteiger partial charge in [-0.1, -0.05) is 0 Å². The van der Waals surface area contributed by atoms with Gasteiger partial charge < -0.3 is 20.4 Å². The van der Waals surface area contributed by atoms with Gasteiger partial charge in [0.05, 0.1) is 23.8 Å². The van der Waals surface area contributed by atoms with Crippen molar-refractivity contribution in [2.24, 2.45) is 10.7 Å². The maximum Gasteiger partial charge on any atom is 0.284 e. The molecular weight excluding hydrogens is 302 g/mol. The average molecular weight is 321 g/mol. The lowest BCUT2D eigenvalue weighted by molar-refractivity contribution is 0.0972. The summed E-state index contributed by atoms with van der Waals surface area (Å²) in [7, 11) is 3.64. The number of rotatable bonds is 5. The highest BCUT2D eigenvalue weighted by Crippen LogP contribution is 2.10. The number of thiazole rings is 1. The molecule has 22 heavy (non-hydrogen) atoms. The van der Waals surface area contributed by atoms with E-state index >= 15 is 0 Å². The van der Waals surface area contributed by atoms with Gasteiger partial charge in [-0.05, 0) is 19.1 Å². The normalized spacial score (nSPS) is 11.5. The highest BCUT2D eigenvalue weighted by atomic mass is 32.1. The zero-order valence-electron chi connectivity index (χ0n) is 12.8. The molecule has 3 N–H and O–H groups in total. The molecule has 2 aromatic rings. The first-order valence-electron chi connectivity index (χ1n) is 6.71. The maximum absolute atomic E-state index is 11.0. The Bertz CT molecular complexity index is 676. The lowest BCUT2D eigenvalue weighted by atomic mass is 10.4. The number of aliphatic imine (C=N–C) groups is 1. The fourth-order valence-corrected chi connectivity index (χ4v) is 2.56. The van der Waals surface area contributed by atoms with E-state index < -0.39 is 5.91 Å². The molecule has 2 heterocycles. The number of primary amides is 1. The van der Waals surface area contributed by atoms with Crippen LogP contribution in [-0.4, -0.2) is 35.8 Å². The van der Waals surface area contributed by atoms with E-state index in [1.54, 1.807) is 30.5 Å². The molecule has 0 spiro atoms. The standard InChI is InChI=1S/C14H19N5O2S/c1-9-18-10(8-22-9)7-19(3)14(16-2)17-6-11-4-5-12(21-11)13(15)20/h4-5,8H,6-7H2,1-3H3,(H2,15,20)(H,16,17). The minimum atomic E-state index is -0.577. The number of hydrogen-bond acceptors (Lipinski definition) is 5. The van der Waals surface area contributed by atoms with E-state index in [0.717, 1.165) is 10.7 Å². The first kappa shape index (κ1) is 16.0. The van der Waals surface area contributed by atoms with Crippen LogP contribution >= 0.6 is 11.3 Å². The quantitative estimate of drug-likeness (QED) is 0.640. The topological polar surface area (TPSA) is 96.7 Å². The van der Waals surface area contributed by atoms with E-state index in [0.29, 0.717) is 24.8 Å². The molecule has 8 heteroatoms. The smallest absolute Gasteiger partial charge is 0.284 e. The molecule has 0 fully saturated rings. The Hall–Kier alpha value is -2.35. The molecule has 0 atom stereocenters. The first-order valence-corrected chi connectivity index (χ1v) is 7.59. The largest absolute Gasteiger partial charge is 0.454 e. The number of carbonyl (C=O) groups excluding carboxylic acids is 1. The second-order valence-electron chi connectivity index (χ2n) is 4.74. The fourth-order valence-electron chi connectivity index (χ4n) is 1.95. The number of nitrogens with two attached hydrogens (primary N) is 1. The summed E-state index contributed by atoms with van der Waals surface area (Å²) in [5.41, 5.74) is 6.16. The third-order valence-electron chi connectivity index (χ3n) is 2.96. The maximum atomic E-state index is 11.0. The number of aromatic nitrogens is 1. The fraction of sp³-hybridized carbons (Fsp3) is 0.357. The molecule has 0 saturated heterocycles. The first-order chi connectivity index (χ1) is 10.5. The van der Waals surface area contributed by atoms with Crippen LogP contribution in [-0.2, 0) is 13.1 Å². The van der Waals surface area contributed by atoms with Crippen LogP contribution in [0.2, 0.25) is 0 Å². The van der Waals surface area contributed by atoms with Gasteiger partial charge in [0, 0.05) is 19.5 Å². The summed E-state index contributed by atoms with van der Waals surface area (Å²) in [4.78, 5) is 21.6. The summed E-state index contributed by atoms with van der Waals surface area (Å²) in [5.74, 6) is 0.903. The summed E-state index contributed by atoms with van der Waals surface area (Å²) in [5, 5.41) is 6.25. The zero-order chi connectivity index (χ0) is 16.1. The van der Waals surface area contributed by atoms with E-state index in [-0.39, 0.29) is 5.76 Å². The number of carbonyl (C=O) groups is 1. The molecule has 1 amide bonds. The minimum absolute atomic E-state index is 0.151. The van der Waals surface area contributed by atoms with Crippen LogP contribution in [0, 0.1) is 6.92 Å². The van der Waals surface area contributed by atoms with Crippen LogP contribution < -0.4 is 11.1 Å². The van der Waals surface area contributed by atoms with Crippen LogP contribution in [0.3, 0.4) is 0 Å². The Balaban J connectivity index is 1.92. The van der Waals surface area contributed by atoms with Crippen molar-refractivity contribution in [1.29, 1.82) is 0 Å². The van der Waals surface area contributed by atoms with Gasteiger partial charge in [-0.15, -0.1) is 11.3 Å². The summed E-state index contributed by atoms with van der Waals surface area (Å²) in [6, 6.07) is 3.27. The van der Waals surface area contributed by atoms with Crippen molar-refractivity contribution in [3.63, 3.8) is 0 Å². The van der Waals surface area contributed by atoms with E-state index in [4.69, 9.17) is 10.2 Å². The zero-order valence-corrected chi connectivity index (χ0v) is 13.6.